The summed E-state index contributed by atoms with van der Waals surface area (Å²) in [7, 11) is 0. The molecule has 0 unspecified atom stereocenters. The lowest BCUT2D eigenvalue weighted by atomic mass is 10.1. The molecule has 0 amide bonds. The highest BCUT2D eigenvalue weighted by Gasteiger charge is 2.08. The highest BCUT2D eigenvalue weighted by atomic mass is 79.9. The van der Waals surface area contributed by atoms with Crippen molar-refractivity contribution in [3.63, 3.8) is 0 Å². The summed E-state index contributed by atoms with van der Waals surface area (Å²) in [4.78, 5) is 0. The van der Waals surface area contributed by atoms with Crippen LogP contribution < -0.4 is 0 Å². The molecule has 0 saturated heterocycles. The van der Waals surface area contributed by atoms with E-state index in [1.54, 1.807) is 0 Å². The number of hydrogen-bond acceptors (Lipinski definition) is 1. The molecule has 0 spiro atoms. The molecule has 1 heterocycles. The van der Waals surface area contributed by atoms with E-state index in [2.05, 4.69) is 47.1 Å². The van der Waals surface area contributed by atoms with Crippen LogP contribution >= 0.6 is 15.9 Å². The van der Waals surface area contributed by atoms with Crippen molar-refractivity contribution >= 4 is 26.7 Å². The molecule has 1 aromatic heterocycles. The van der Waals surface area contributed by atoms with Gasteiger partial charge in [-0.3, -0.25) is 0 Å². The van der Waals surface area contributed by atoms with Crippen molar-refractivity contribution < 1.29 is 5.11 Å². The Morgan fingerprint density at radius 3 is 2.58 bits per heavy atom. The van der Waals surface area contributed by atoms with Gasteiger partial charge in [0.2, 0.25) is 0 Å². The maximum absolute atomic E-state index is 10.2. The number of halogens is 1. The molecule has 3 rings (SSSR count). The molecule has 0 aliphatic carbocycles. The van der Waals surface area contributed by atoms with Crippen molar-refractivity contribution in [3.8, 4) is 5.88 Å². The minimum atomic E-state index is 0.322. The van der Waals surface area contributed by atoms with Crippen LogP contribution in [0, 0.1) is 6.92 Å². The second-order valence-electron chi connectivity index (χ2n) is 4.80. The SMILES string of the molecule is Cc1ccc(Cn2cc3cc(Br)ccc3c2O)cc1. The van der Waals surface area contributed by atoms with E-state index in [0.717, 1.165) is 15.2 Å². The Kier molecular flexibility index (Phi) is 3.07. The van der Waals surface area contributed by atoms with Crippen LogP contribution in [-0.4, -0.2) is 9.67 Å². The van der Waals surface area contributed by atoms with E-state index in [-0.39, 0.29) is 0 Å². The molecule has 96 valence electrons. The quantitative estimate of drug-likeness (QED) is 0.741. The minimum absolute atomic E-state index is 0.322. The number of benzene rings is 2. The van der Waals surface area contributed by atoms with Crippen molar-refractivity contribution in [2.75, 3.05) is 0 Å². The van der Waals surface area contributed by atoms with Gasteiger partial charge in [0.1, 0.15) is 0 Å². The van der Waals surface area contributed by atoms with Gasteiger partial charge in [-0.05, 0) is 30.7 Å². The van der Waals surface area contributed by atoms with Gasteiger partial charge in [-0.15, -0.1) is 0 Å². The number of rotatable bonds is 2. The molecule has 3 aromatic rings. The molecule has 3 heteroatoms. The smallest absolute Gasteiger partial charge is 0.199 e. The molecule has 0 aliphatic rings. The fraction of sp³-hybridized carbons (Fsp3) is 0.125. The van der Waals surface area contributed by atoms with Crippen molar-refractivity contribution in [3.05, 3.63) is 64.3 Å². The molecule has 0 aliphatic heterocycles. The third-order valence-corrected chi connectivity index (χ3v) is 3.79. The third-order valence-electron chi connectivity index (χ3n) is 3.30. The minimum Gasteiger partial charge on any atom is -0.494 e. The normalized spacial score (nSPS) is 11.1. The van der Waals surface area contributed by atoms with Gasteiger partial charge in [-0.25, -0.2) is 0 Å². The summed E-state index contributed by atoms with van der Waals surface area (Å²) in [6, 6.07) is 14.3. The predicted octanol–water partition coefficient (Wildman–Crippen LogP) is 4.47. The zero-order chi connectivity index (χ0) is 13.4. The average molecular weight is 316 g/mol. The Balaban J connectivity index is 2.01. The molecule has 0 saturated carbocycles. The fourth-order valence-corrected chi connectivity index (χ4v) is 2.62. The maximum atomic E-state index is 10.2. The van der Waals surface area contributed by atoms with Crippen molar-refractivity contribution in [1.82, 2.24) is 4.57 Å². The number of aromatic hydroxyl groups is 1. The van der Waals surface area contributed by atoms with Gasteiger partial charge in [-0.2, -0.15) is 0 Å². The predicted molar refractivity (Wildman–Crippen MR) is 81.6 cm³/mol. The van der Waals surface area contributed by atoms with Crippen molar-refractivity contribution in [2.45, 2.75) is 13.5 Å². The Bertz CT molecular complexity index is 728. The second-order valence-corrected chi connectivity index (χ2v) is 5.71. The number of nitrogens with zero attached hydrogens (tertiary/aromatic N) is 1. The molecular weight excluding hydrogens is 302 g/mol. The summed E-state index contributed by atoms with van der Waals surface area (Å²) in [6.45, 7) is 2.75. The first kappa shape index (κ1) is 12.3. The Morgan fingerprint density at radius 1 is 1.11 bits per heavy atom. The highest BCUT2D eigenvalue weighted by Crippen LogP contribution is 2.30. The van der Waals surface area contributed by atoms with Crippen LogP contribution in [0.5, 0.6) is 5.88 Å². The van der Waals surface area contributed by atoms with E-state index in [1.807, 2.05) is 29.0 Å². The number of aromatic nitrogens is 1. The third kappa shape index (κ3) is 2.38. The van der Waals surface area contributed by atoms with Crippen LogP contribution in [0.15, 0.2) is 53.1 Å². The Labute approximate surface area is 120 Å². The highest BCUT2D eigenvalue weighted by molar-refractivity contribution is 9.10. The summed E-state index contributed by atoms with van der Waals surface area (Å²) in [6.07, 6.45) is 1.98. The van der Waals surface area contributed by atoms with E-state index in [1.165, 1.54) is 11.1 Å². The lowest BCUT2D eigenvalue weighted by Gasteiger charge is -2.05. The molecule has 0 radical (unpaired) electrons. The van der Waals surface area contributed by atoms with E-state index in [4.69, 9.17) is 0 Å². The zero-order valence-corrected chi connectivity index (χ0v) is 12.2. The molecule has 0 atom stereocenters. The summed E-state index contributed by atoms with van der Waals surface area (Å²) in [5.74, 6) is 0.322. The van der Waals surface area contributed by atoms with Crippen LogP contribution in [0.25, 0.3) is 10.8 Å². The second kappa shape index (κ2) is 4.74. The van der Waals surface area contributed by atoms with Gasteiger partial charge >= 0.3 is 0 Å². The van der Waals surface area contributed by atoms with Gasteiger partial charge in [0.05, 0.1) is 6.54 Å². The molecule has 2 aromatic carbocycles. The first-order valence-electron chi connectivity index (χ1n) is 6.16. The first-order valence-corrected chi connectivity index (χ1v) is 6.96. The van der Waals surface area contributed by atoms with Gasteiger partial charge in [0, 0.05) is 21.4 Å². The largest absolute Gasteiger partial charge is 0.494 e. The molecule has 0 bridgehead atoms. The van der Waals surface area contributed by atoms with Crippen LogP contribution in [0.3, 0.4) is 0 Å². The van der Waals surface area contributed by atoms with Gasteiger partial charge in [0.15, 0.2) is 5.88 Å². The average Bonchev–Trinajstić information content (AvgIpc) is 2.68. The van der Waals surface area contributed by atoms with Gasteiger partial charge < -0.3 is 9.67 Å². The first-order chi connectivity index (χ1) is 9.13. The molecule has 1 N–H and O–H groups in total. The zero-order valence-electron chi connectivity index (χ0n) is 10.6. The lowest BCUT2D eigenvalue weighted by molar-refractivity contribution is 0.430. The van der Waals surface area contributed by atoms with Gasteiger partial charge in [-0.1, -0.05) is 45.8 Å². The topological polar surface area (TPSA) is 25.2 Å². The van der Waals surface area contributed by atoms with Crippen LogP contribution in [0.4, 0.5) is 0 Å². The summed E-state index contributed by atoms with van der Waals surface area (Å²) >= 11 is 3.45. The number of hydrogen-bond donors (Lipinski definition) is 1. The number of aryl methyl sites for hydroxylation is 1. The van der Waals surface area contributed by atoms with Crippen LogP contribution in [0.2, 0.25) is 0 Å². The molecule has 0 fully saturated rings. The lowest BCUT2D eigenvalue weighted by Crippen LogP contribution is -1.96. The molecule has 2 nitrogen and oxygen atoms in total. The number of fused-ring (bicyclic) bond motifs is 1. The fourth-order valence-electron chi connectivity index (χ4n) is 2.24. The Hall–Kier alpha value is -1.74. The molecule has 19 heavy (non-hydrogen) atoms. The van der Waals surface area contributed by atoms with E-state index >= 15 is 0 Å². The van der Waals surface area contributed by atoms with E-state index in [9.17, 15) is 5.11 Å². The van der Waals surface area contributed by atoms with Crippen LogP contribution in [-0.2, 0) is 6.54 Å². The monoisotopic (exact) mass is 315 g/mol. The molecular formula is C16H14BrNO. The van der Waals surface area contributed by atoms with E-state index < -0.39 is 0 Å². The van der Waals surface area contributed by atoms with Crippen molar-refractivity contribution in [1.29, 1.82) is 0 Å². The van der Waals surface area contributed by atoms with Gasteiger partial charge in [0.25, 0.3) is 0 Å². The Morgan fingerprint density at radius 2 is 1.84 bits per heavy atom. The summed E-state index contributed by atoms with van der Waals surface area (Å²) < 4.78 is 2.90. The standard InChI is InChI=1S/C16H14BrNO/c1-11-2-4-12(5-3-11)9-18-10-13-8-14(17)6-7-15(13)16(18)19/h2-8,10,19H,9H2,1H3. The van der Waals surface area contributed by atoms with Crippen molar-refractivity contribution in [2.24, 2.45) is 0 Å². The summed E-state index contributed by atoms with van der Waals surface area (Å²) in [5, 5.41) is 12.2. The van der Waals surface area contributed by atoms with Crippen LogP contribution in [0.1, 0.15) is 11.1 Å². The summed E-state index contributed by atoms with van der Waals surface area (Å²) in [5.41, 5.74) is 2.43. The van der Waals surface area contributed by atoms with E-state index in [0.29, 0.717) is 12.4 Å². The maximum Gasteiger partial charge on any atom is 0.199 e.